The van der Waals surface area contributed by atoms with Crippen LogP contribution in [-0.2, 0) is 21.1 Å². The van der Waals surface area contributed by atoms with Crippen molar-refractivity contribution in [1.82, 2.24) is 0 Å². The number of nitrogens with zero attached hydrogens (tertiary/aromatic N) is 2. The Bertz CT molecular complexity index is 694. The van der Waals surface area contributed by atoms with Crippen LogP contribution >= 0.6 is 0 Å². The van der Waals surface area contributed by atoms with E-state index in [0.29, 0.717) is 0 Å². The van der Waals surface area contributed by atoms with E-state index in [1.54, 1.807) is 0 Å². The molecule has 1 aliphatic rings. The zero-order chi connectivity index (χ0) is 15.7. The first kappa shape index (κ1) is 17.9. The Morgan fingerprint density at radius 3 is 1.91 bits per heavy atom. The fourth-order valence-corrected chi connectivity index (χ4v) is 3.55. The van der Waals surface area contributed by atoms with Crippen molar-refractivity contribution in [2.24, 2.45) is 0 Å². The number of hydrogen-bond donors (Lipinski definition) is 0. The van der Waals surface area contributed by atoms with Gasteiger partial charge in [-0.25, -0.2) is 9.48 Å². The second kappa shape index (κ2) is 7.45. The standard InChI is InChI=1S/C20H25N2.Pt/c1-15-8-5-9-16(2)19(15)21-12-7-13-22(14-21)20-17(3)10-6-11-18(20)4;/h5-6,8-11,14H,7,12-13H2,1-4H3;/q+1;. The molecule has 0 aliphatic carbocycles. The second-order valence-electron chi connectivity index (χ2n) is 6.34. The molecule has 3 heteroatoms. The minimum Gasteiger partial charge on any atom is -0.233 e. The first-order valence-electron chi connectivity index (χ1n) is 8.08. The topological polar surface area (TPSA) is 6.25 Å². The van der Waals surface area contributed by atoms with Crippen molar-refractivity contribution in [2.75, 3.05) is 18.0 Å². The van der Waals surface area contributed by atoms with Crippen LogP contribution in [0.2, 0.25) is 0 Å². The largest absolute Gasteiger partial charge is 0.244 e. The Hall–Kier alpha value is -1.40. The Balaban J connectivity index is 0.00000192. The average molecular weight is 489 g/mol. The predicted molar refractivity (Wildman–Crippen MR) is 94.6 cm³/mol. The van der Waals surface area contributed by atoms with Gasteiger partial charge in [0.15, 0.2) is 0 Å². The second-order valence-corrected chi connectivity index (χ2v) is 6.34. The number of hydrogen-bond acceptors (Lipinski definition) is 1. The molecule has 2 nitrogen and oxygen atoms in total. The minimum atomic E-state index is 0. The fraction of sp³-hybridized carbons (Fsp3) is 0.350. The van der Waals surface area contributed by atoms with Crippen LogP contribution in [0.25, 0.3) is 0 Å². The molecule has 1 heterocycles. The van der Waals surface area contributed by atoms with Gasteiger partial charge in [0.1, 0.15) is 11.4 Å². The molecule has 3 rings (SSSR count). The number of rotatable bonds is 2. The summed E-state index contributed by atoms with van der Waals surface area (Å²) in [6, 6.07) is 13.1. The summed E-state index contributed by atoms with van der Waals surface area (Å²) in [7, 11) is 0. The third-order valence-electron chi connectivity index (χ3n) is 4.53. The summed E-state index contributed by atoms with van der Waals surface area (Å²) in [6.07, 6.45) is 3.48. The van der Waals surface area contributed by atoms with Crippen LogP contribution in [-0.4, -0.2) is 24.0 Å². The Labute approximate surface area is 154 Å². The van der Waals surface area contributed by atoms with Crippen molar-refractivity contribution in [3.05, 3.63) is 58.7 Å². The smallest absolute Gasteiger partial charge is 0.233 e. The van der Waals surface area contributed by atoms with Crippen molar-refractivity contribution >= 4 is 17.7 Å². The molecule has 2 aromatic rings. The van der Waals surface area contributed by atoms with Gasteiger partial charge in [0, 0.05) is 27.5 Å². The summed E-state index contributed by atoms with van der Waals surface area (Å²) < 4.78 is 2.42. The predicted octanol–water partition coefficient (Wildman–Crippen LogP) is 4.50. The molecule has 0 saturated carbocycles. The van der Waals surface area contributed by atoms with Crippen molar-refractivity contribution < 1.29 is 25.6 Å². The molecule has 0 atom stereocenters. The number of aryl methyl sites for hydroxylation is 4. The van der Waals surface area contributed by atoms with Gasteiger partial charge in [-0.2, -0.15) is 0 Å². The molecule has 0 saturated heterocycles. The Morgan fingerprint density at radius 1 is 0.826 bits per heavy atom. The summed E-state index contributed by atoms with van der Waals surface area (Å²) in [6.45, 7) is 11.0. The molecular weight excluding hydrogens is 463 g/mol. The summed E-state index contributed by atoms with van der Waals surface area (Å²) in [4.78, 5) is 2.42. The SMILES string of the molecule is Cc1cccc(C)c1N1C=[N+](c2c(C)cccc2C)CCC1.[Pt]. The summed E-state index contributed by atoms with van der Waals surface area (Å²) >= 11 is 0. The van der Waals surface area contributed by atoms with Gasteiger partial charge in [0.2, 0.25) is 6.34 Å². The molecule has 0 spiro atoms. The maximum absolute atomic E-state index is 2.42. The van der Waals surface area contributed by atoms with E-state index in [1.165, 1.54) is 40.0 Å². The van der Waals surface area contributed by atoms with Gasteiger partial charge in [-0.15, -0.1) is 0 Å². The molecule has 0 aromatic heterocycles. The molecule has 0 radical (unpaired) electrons. The molecule has 0 unspecified atom stereocenters. The van der Waals surface area contributed by atoms with Crippen LogP contribution in [0.3, 0.4) is 0 Å². The maximum atomic E-state index is 2.42. The van der Waals surface area contributed by atoms with Gasteiger partial charge in [-0.05, 0) is 49.9 Å². The van der Waals surface area contributed by atoms with Gasteiger partial charge in [0.05, 0.1) is 13.1 Å². The quantitative estimate of drug-likeness (QED) is 0.565. The van der Waals surface area contributed by atoms with Crippen LogP contribution in [0.5, 0.6) is 0 Å². The van der Waals surface area contributed by atoms with E-state index in [2.05, 4.69) is 79.9 Å². The summed E-state index contributed by atoms with van der Waals surface area (Å²) in [5.41, 5.74) is 8.11. The van der Waals surface area contributed by atoms with Crippen molar-refractivity contribution in [3.8, 4) is 0 Å². The monoisotopic (exact) mass is 488 g/mol. The van der Waals surface area contributed by atoms with Crippen LogP contribution in [0.1, 0.15) is 28.7 Å². The van der Waals surface area contributed by atoms with Crippen molar-refractivity contribution in [1.29, 1.82) is 0 Å². The zero-order valence-corrected chi connectivity index (χ0v) is 16.6. The molecule has 23 heavy (non-hydrogen) atoms. The third-order valence-corrected chi connectivity index (χ3v) is 4.53. The molecule has 124 valence electrons. The van der Waals surface area contributed by atoms with Gasteiger partial charge in [-0.3, -0.25) is 0 Å². The van der Waals surface area contributed by atoms with E-state index < -0.39 is 0 Å². The first-order valence-corrected chi connectivity index (χ1v) is 8.08. The number of para-hydroxylation sites is 2. The third kappa shape index (κ3) is 3.58. The van der Waals surface area contributed by atoms with E-state index in [-0.39, 0.29) is 21.1 Å². The molecule has 2 aromatic carbocycles. The van der Waals surface area contributed by atoms with Gasteiger partial charge in [0.25, 0.3) is 0 Å². The van der Waals surface area contributed by atoms with Crippen molar-refractivity contribution in [2.45, 2.75) is 34.1 Å². The zero-order valence-electron chi connectivity index (χ0n) is 14.4. The Morgan fingerprint density at radius 2 is 1.35 bits per heavy atom. The summed E-state index contributed by atoms with van der Waals surface area (Å²) in [5, 5.41) is 0. The molecule has 1 aliphatic heterocycles. The van der Waals surface area contributed by atoms with Crippen LogP contribution in [0, 0.1) is 27.7 Å². The van der Waals surface area contributed by atoms with Crippen LogP contribution in [0.15, 0.2) is 36.4 Å². The normalized spacial score (nSPS) is 14.3. The van der Waals surface area contributed by atoms with E-state index in [1.807, 2.05) is 0 Å². The Kier molecular flexibility index (Phi) is 5.81. The number of anilines is 1. The average Bonchev–Trinajstić information content (AvgIpc) is 2.47. The summed E-state index contributed by atoms with van der Waals surface area (Å²) in [5.74, 6) is 0. The van der Waals surface area contributed by atoms with Crippen LogP contribution in [0.4, 0.5) is 11.4 Å². The molecular formula is C20H25N2Pt+. The van der Waals surface area contributed by atoms with E-state index in [4.69, 9.17) is 0 Å². The fourth-order valence-electron chi connectivity index (χ4n) is 3.55. The first-order chi connectivity index (χ1) is 10.6. The molecule has 0 fully saturated rings. The number of benzene rings is 2. The van der Waals surface area contributed by atoms with Gasteiger partial charge >= 0.3 is 0 Å². The molecule has 0 N–H and O–H groups in total. The van der Waals surface area contributed by atoms with Gasteiger partial charge in [-0.1, -0.05) is 36.4 Å². The molecule has 0 bridgehead atoms. The van der Waals surface area contributed by atoms with Gasteiger partial charge < -0.3 is 0 Å². The maximum Gasteiger partial charge on any atom is 0.244 e. The van der Waals surface area contributed by atoms with E-state index in [9.17, 15) is 0 Å². The molecule has 0 amide bonds. The minimum absolute atomic E-state index is 0. The van der Waals surface area contributed by atoms with E-state index >= 15 is 0 Å². The van der Waals surface area contributed by atoms with Crippen LogP contribution < -0.4 is 4.90 Å². The van der Waals surface area contributed by atoms with Crippen molar-refractivity contribution in [3.63, 3.8) is 0 Å². The van der Waals surface area contributed by atoms with E-state index in [0.717, 1.165) is 13.1 Å².